The molecule has 30 heavy (non-hydrogen) atoms. The average Bonchev–Trinajstić information content (AvgIpc) is 3.09. The van der Waals surface area contributed by atoms with Crippen LogP contribution in [0.25, 0.3) is 10.9 Å². The molecule has 0 bridgehead atoms. The minimum atomic E-state index is -0.347. The van der Waals surface area contributed by atoms with Crippen LogP contribution in [0, 0.1) is 6.92 Å². The highest BCUT2D eigenvalue weighted by Gasteiger charge is 2.17. The van der Waals surface area contributed by atoms with Gasteiger partial charge in [0.15, 0.2) is 0 Å². The van der Waals surface area contributed by atoms with Crippen molar-refractivity contribution in [3.8, 4) is 5.75 Å². The quantitative estimate of drug-likeness (QED) is 0.361. The van der Waals surface area contributed by atoms with Gasteiger partial charge in [-0.1, -0.05) is 60.1 Å². The summed E-state index contributed by atoms with van der Waals surface area (Å²) in [5, 5.41) is 16.4. The largest absolute Gasteiger partial charge is 0.507 e. The van der Waals surface area contributed by atoms with Gasteiger partial charge in [-0.2, -0.15) is 5.10 Å². The van der Waals surface area contributed by atoms with Crippen LogP contribution in [0.5, 0.6) is 5.75 Å². The van der Waals surface area contributed by atoms with Gasteiger partial charge in [0.05, 0.1) is 0 Å². The van der Waals surface area contributed by atoms with Crippen LogP contribution < -0.4 is 5.43 Å². The number of aromatic nitrogens is 1. The van der Waals surface area contributed by atoms with Gasteiger partial charge in [-0.15, -0.1) is 0 Å². The minimum Gasteiger partial charge on any atom is -0.507 e. The molecule has 1 amide bonds. The molecule has 0 spiro atoms. The SMILES string of the molecule is Cc1cc(O)c(/C(=N\NC(=O)c2cc3ccccc3n2C)c2ccccc2)cc1Cl. The number of phenolic OH excluding ortho intramolecular Hbond substituents is 1. The predicted octanol–water partition coefficient (Wildman–Crippen LogP) is 5.03. The maximum absolute atomic E-state index is 12.9. The third kappa shape index (κ3) is 3.67. The Morgan fingerprint density at radius 1 is 1.03 bits per heavy atom. The predicted molar refractivity (Wildman–Crippen MR) is 120 cm³/mol. The molecule has 0 saturated carbocycles. The van der Waals surface area contributed by atoms with E-state index in [4.69, 9.17) is 11.6 Å². The van der Waals surface area contributed by atoms with E-state index in [9.17, 15) is 9.90 Å². The number of nitrogens with zero attached hydrogens (tertiary/aromatic N) is 2. The van der Waals surface area contributed by atoms with Crippen LogP contribution >= 0.6 is 11.6 Å². The number of benzene rings is 3. The number of para-hydroxylation sites is 1. The fraction of sp³-hybridized carbons (Fsp3) is 0.0833. The average molecular weight is 418 g/mol. The molecular formula is C24H20ClN3O2. The van der Waals surface area contributed by atoms with Crippen molar-refractivity contribution in [3.05, 3.63) is 100 Å². The second kappa shape index (κ2) is 8.05. The van der Waals surface area contributed by atoms with Crippen LogP contribution in [0.4, 0.5) is 0 Å². The van der Waals surface area contributed by atoms with Crippen LogP contribution in [-0.2, 0) is 7.05 Å². The summed E-state index contributed by atoms with van der Waals surface area (Å²) in [7, 11) is 1.84. The molecule has 0 fully saturated rings. The number of carbonyl (C=O) groups excluding carboxylic acids is 1. The number of hydrogen-bond donors (Lipinski definition) is 2. The molecule has 0 atom stereocenters. The Kier molecular flexibility index (Phi) is 5.29. The molecule has 0 aliphatic rings. The number of phenols is 1. The fourth-order valence-corrected chi connectivity index (χ4v) is 3.57. The summed E-state index contributed by atoms with van der Waals surface area (Å²) in [6.07, 6.45) is 0. The first-order valence-electron chi connectivity index (χ1n) is 9.43. The van der Waals surface area contributed by atoms with E-state index < -0.39 is 0 Å². The lowest BCUT2D eigenvalue weighted by molar-refractivity contribution is 0.0947. The molecule has 150 valence electrons. The smallest absolute Gasteiger partial charge is 0.288 e. The molecule has 1 heterocycles. The first-order valence-corrected chi connectivity index (χ1v) is 9.81. The summed E-state index contributed by atoms with van der Waals surface area (Å²) >= 11 is 6.29. The molecular weight excluding hydrogens is 398 g/mol. The summed E-state index contributed by atoms with van der Waals surface area (Å²) < 4.78 is 1.82. The van der Waals surface area contributed by atoms with Gasteiger partial charge < -0.3 is 9.67 Å². The summed E-state index contributed by atoms with van der Waals surface area (Å²) in [6.45, 7) is 1.81. The van der Waals surface area contributed by atoms with Crippen molar-refractivity contribution in [3.63, 3.8) is 0 Å². The maximum atomic E-state index is 12.9. The summed E-state index contributed by atoms with van der Waals surface area (Å²) in [5.74, 6) is -0.307. The number of fused-ring (bicyclic) bond motifs is 1. The highest BCUT2D eigenvalue weighted by atomic mass is 35.5. The van der Waals surface area contributed by atoms with Gasteiger partial charge in [0.1, 0.15) is 17.2 Å². The van der Waals surface area contributed by atoms with Crippen molar-refractivity contribution in [1.82, 2.24) is 9.99 Å². The van der Waals surface area contributed by atoms with Crippen molar-refractivity contribution in [2.75, 3.05) is 0 Å². The molecule has 6 heteroatoms. The Hall–Kier alpha value is -3.57. The van der Waals surface area contributed by atoms with Gasteiger partial charge in [-0.05, 0) is 36.8 Å². The van der Waals surface area contributed by atoms with Crippen molar-refractivity contribution >= 4 is 34.1 Å². The molecule has 4 aromatic rings. The normalized spacial score (nSPS) is 11.6. The third-order valence-electron chi connectivity index (χ3n) is 5.03. The monoisotopic (exact) mass is 417 g/mol. The fourth-order valence-electron chi connectivity index (χ4n) is 3.40. The first-order chi connectivity index (χ1) is 14.5. The molecule has 0 aliphatic heterocycles. The van der Waals surface area contributed by atoms with E-state index >= 15 is 0 Å². The number of carbonyl (C=O) groups is 1. The number of rotatable bonds is 4. The lowest BCUT2D eigenvalue weighted by Gasteiger charge is -2.12. The number of hydrazone groups is 1. The molecule has 0 unspecified atom stereocenters. The van der Waals surface area contributed by atoms with Crippen molar-refractivity contribution in [2.24, 2.45) is 12.1 Å². The Bertz CT molecular complexity index is 1280. The van der Waals surface area contributed by atoms with Crippen LogP contribution in [0.2, 0.25) is 5.02 Å². The third-order valence-corrected chi connectivity index (χ3v) is 5.44. The van der Waals surface area contributed by atoms with E-state index in [1.165, 1.54) is 0 Å². The number of aryl methyl sites for hydroxylation is 2. The van der Waals surface area contributed by atoms with E-state index in [2.05, 4.69) is 10.5 Å². The van der Waals surface area contributed by atoms with Crippen LogP contribution in [0.1, 0.15) is 27.2 Å². The summed E-state index contributed by atoms with van der Waals surface area (Å²) in [6, 6.07) is 22.2. The van der Waals surface area contributed by atoms with Crippen LogP contribution in [-0.4, -0.2) is 21.3 Å². The van der Waals surface area contributed by atoms with E-state index in [0.717, 1.165) is 22.0 Å². The Morgan fingerprint density at radius 3 is 2.47 bits per heavy atom. The van der Waals surface area contributed by atoms with Crippen molar-refractivity contribution in [2.45, 2.75) is 6.92 Å². The lowest BCUT2D eigenvalue weighted by Crippen LogP contribution is -2.22. The molecule has 1 aromatic heterocycles. The van der Waals surface area contributed by atoms with E-state index in [1.807, 2.05) is 79.2 Å². The number of halogens is 1. The zero-order valence-corrected chi connectivity index (χ0v) is 17.3. The van der Waals surface area contributed by atoms with Crippen molar-refractivity contribution in [1.29, 1.82) is 0 Å². The second-order valence-electron chi connectivity index (χ2n) is 7.03. The summed E-state index contributed by atoms with van der Waals surface area (Å²) in [4.78, 5) is 12.9. The Morgan fingerprint density at radius 2 is 1.73 bits per heavy atom. The second-order valence-corrected chi connectivity index (χ2v) is 7.44. The zero-order chi connectivity index (χ0) is 21.3. The van der Waals surface area contributed by atoms with Gasteiger partial charge in [0.25, 0.3) is 5.91 Å². The Labute approximate surface area is 179 Å². The zero-order valence-electron chi connectivity index (χ0n) is 16.6. The van der Waals surface area contributed by atoms with Crippen molar-refractivity contribution < 1.29 is 9.90 Å². The molecule has 0 radical (unpaired) electrons. The number of nitrogens with one attached hydrogen (secondary N) is 1. The van der Waals surface area contributed by atoms with Gasteiger partial charge in [-0.25, -0.2) is 5.43 Å². The maximum Gasteiger partial charge on any atom is 0.288 e. The van der Waals surface area contributed by atoms with Gasteiger partial charge >= 0.3 is 0 Å². The molecule has 0 saturated heterocycles. The molecule has 5 nitrogen and oxygen atoms in total. The molecule has 2 N–H and O–H groups in total. The topological polar surface area (TPSA) is 66.6 Å². The number of amides is 1. The lowest BCUT2D eigenvalue weighted by atomic mass is 10.0. The van der Waals surface area contributed by atoms with Crippen LogP contribution in [0.15, 0.2) is 77.9 Å². The van der Waals surface area contributed by atoms with Gasteiger partial charge in [0.2, 0.25) is 0 Å². The highest BCUT2D eigenvalue weighted by Crippen LogP contribution is 2.28. The molecule has 3 aromatic carbocycles. The standard InChI is InChI=1S/C24H20ClN3O2/c1-15-12-22(29)18(14-19(15)25)23(16-8-4-3-5-9-16)26-27-24(30)21-13-17-10-6-7-11-20(17)28(21)2/h3-14,29H,1-2H3,(H,27,30)/b26-23-. The number of aromatic hydroxyl groups is 1. The molecule has 0 aliphatic carbocycles. The minimum absolute atomic E-state index is 0.0401. The van der Waals surface area contributed by atoms with E-state index in [0.29, 0.717) is 22.0 Å². The highest BCUT2D eigenvalue weighted by molar-refractivity contribution is 6.32. The Balaban J connectivity index is 1.75. The van der Waals surface area contributed by atoms with Gasteiger partial charge in [0, 0.05) is 34.1 Å². The van der Waals surface area contributed by atoms with E-state index in [-0.39, 0.29) is 11.7 Å². The van der Waals surface area contributed by atoms with Gasteiger partial charge in [-0.3, -0.25) is 4.79 Å². The van der Waals surface area contributed by atoms with Crippen LogP contribution in [0.3, 0.4) is 0 Å². The number of hydrogen-bond acceptors (Lipinski definition) is 3. The molecule has 4 rings (SSSR count). The summed E-state index contributed by atoms with van der Waals surface area (Å²) in [5.41, 5.74) is 6.43. The first kappa shape index (κ1) is 19.7. The van der Waals surface area contributed by atoms with E-state index in [1.54, 1.807) is 12.1 Å².